The minimum atomic E-state index is -1.60. The molecular weight excluding hydrogens is 763 g/mol. The number of nitrogens with one attached hydrogen (secondary N) is 2. The molecule has 6 N–H and O–H groups in total. The second-order valence-electron chi connectivity index (χ2n) is 16.0. The van der Waals surface area contributed by atoms with Gasteiger partial charge in [0.05, 0.1) is 23.7 Å². The minimum Gasteiger partial charge on any atom is -0.478 e. The van der Waals surface area contributed by atoms with Crippen molar-refractivity contribution in [2.24, 2.45) is 5.92 Å². The fourth-order valence-corrected chi connectivity index (χ4v) is 9.00. The normalized spacial score (nSPS) is 24.7. The molecule has 1 unspecified atom stereocenters. The molecule has 4 aliphatic rings. The Bertz CT molecular complexity index is 2200. The molecule has 1 aliphatic carbocycles. The number of ether oxygens (including phenoxy) is 1. The third-order valence-corrected chi connectivity index (χ3v) is 12.4. The average molecular weight is 819 g/mol. The summed E-state index contributed by atoms with van der Waals surface area (Å²) >= 11 is 1.14. The number of fused-ring (bicyclic) bond motifs is 2. The molecule has 6 rings (SSSR count). The van der Waals surface area contributed by atoms with Gasteiger partial charge in [-0.25, -0.2) is 9.37 Å². The van der Waals surface area contributed by atoms with Gasteiger partial charge in [0, 0.05) is 66.6 Å². The zero-order chi connectivity index (χ0) is 42.2. The van der Waals surface area contributed by atoms with E-state index in [9.17, 15) is 34.8 Å². The molecular formula is C43H56N5O9S+. The maximum Gasteiger partial charge on any atom is 0.336 e. The van der Waals surface area contributed by atoms with Crippen LogP contribution in [0.2, 0.25) is 0 Å². The van der Waals surface area contributed by atoms with Gasteiger partial charge in [-0.2, -0.15) is 0 Å². The van der Waals surface area contributed by atoms with E-state index in [1.165, 1.54) is 6.07 Å². The number of aromatic carboxylic acids is 1. The largest absolute Gasteiger partial charge is 0.478 e. The molecule has 0 bridgehead atoms. The van der Waals surface area contributed by atoms with Gasteiger partial charge in [0.25, 0.3) is 5.91 Å². The van der Waals surface area contributed by atoms with Crippen molar-refractivity contribution >= 4 is 46.2 Å². The number of anilines is 1. The Labute approximate surface area is 342 Å². The Morgan fingerprint density at radius 3 is 2.36 bits per heavy atom. The quantitative estimate of drug-likeness (QED) is 0.0909. The van der Waals surface area contributed by atoms with Crippen molar-refractivity contribution in [3.63, 3.8) is 0 Å². The number of likely N-dealkylation sites (N-methyl/N-ethyl adjacent to an activating group) is 1. The fraction of sp³-hybridized carbons (Fsp3) is 0.488. The minimum absolute atomic E-state index is 0.0533. The first-order chi connectivity index (χ1) is 27.5. The molecule has 3 heterocycles. The van der Waals surface area contributed by atoms with E-state index in [1.807, 2.05) is 86.0 Å². The molecule has 312 valence electrons. The lowest BCUT2D eigenvalue weighted by atomic mass is 9.89. The SMILES string of the molecule is CCC[C@@H]1C[C@@H](C(=O)N[C@@H](C2O[C@H](SC)[C@H](O)[C@@H](O)[C@H]2O)[C@@H](C)NC(=O)c2ccc(-c3c4ccc(=[N+](C)C)cc-4oc4cc(N(C)C)ccc34)c(C(=O)O)c2)N(C)C1. The van der Waals surface area contributed by atoms with Crippen LogP contribution in [0.15, 0.2) is 59.0 Å². The molecule has 2 aromatic rings. The van der Waals surface area contributed by atoms with Crippen molar-refractivity contribution in [3.05, 3.63) is 71.1 Å². The summed E-state index contributed by atoms with van der Waals surface area (Å²) in [7, 11) is 9.58. The number of carboxylic acids is 1. The lowest BCUT2D eigenvalue weighted by Crippen LogP contribution is -2.67. The first kappa shape index (κ1) is 43.1. The van der Waals surface area contributed by atoms with Crippen LogP contribution >= 0.6 is 11.8 Å². The average Bonchev–Trinajstić information content (AvgIpc) is 3.57. The van der Waals surface area contributed by atoms with Crippen LogP contribution in [0.1, 0.15) is 53.8 Å². The molecule has 3 aliphatic heterocycles. The number of aliphatic hydroxyl groups is 3. The van der Waals surface area contributed by atoms with Crippen LogP contribution < -0.4 is 25.5 Å². The maximum atomic E-state index is 14.1. The first-order valence-electron chi connectivity index (χ1n) is 19.6. The smallest absolute Gasteiger partial charge is 0.336 e. The molecule has 0 spiro atoms. The Morgan fingerprint density at radius 2 is 1.71 bits per heavy atom. The van der Waals surface area contributed by atoms with Crippen LogP contribution in [0.25, 0.3) is 33.4 Å². The van der Waals surface area contributed by atoms with E-state index >= 15 is 0 Å². The molecule has 15 heteroatoms. The van der Waals surface area contributed by atoms with E-state index < -0.39 is 59.9 Å². The summed E-state index contributed by atoms with van der Waals surface area (Å²) in [6, 6.07) is 13.6. The van der Waals surface area contributed by atoms with Crippen molar-refractivity contribution in [2.45, 2.75) is 81.1 Å². The molecule has 2 fully saturated rings. The van der Waals surface area contributed by atoms with Crippen LogP contribution in [-0.2, 0) is 9.53 Å². The lowest BCUT2D eigenvalue weighted by Gasteiger charge is -2.45. The number of hydrogen-bond acceptors (Lipinski definition) is 11. The second-order valence-corrected chi connectivity index (χ2v) is 16.9. The predicted octanol–water partition coefficient (Wildman–Crippen LogP) is 2.89. The summed E-state index contributed by atoms with van der Waals surface area (Å²) in [5.41, 5.74) is 2.21. The number of benzene rings is 3. The molecule has 2 saturated heterocycles. The first-order valence-corrected chi connectivity index (χ1v) is 20.9. The highest BCUT2D eigenvalue weighted by Crippen LogP contribution is 2.42. The molecule has 14 nitrogen and oxygen atoms in total. The van der Waals surface area contributed by atoms with Crippen LogP contribution in [0.3, 0.4) is 0 Å². The summed E-state index contributed by atoms with van der Waals surface area (Å²) in [5, 5.41) is 50.8. The van der Waals surface area contributed by atoms with Gasteiger partial charge in [0.2, 0.25) is 11.3 Å². The molecule has 2 amide bonds. The summed E-state index contributed by atoms with van der Waals surface area (Å²) in [4.78, 5) is 45.0. The molecule has 0 aromatic heterocycles. The molecule has 9 atom stereocenters. The Morgan fingerprint density at radius 1 is 0.983 bits per heavy atom. The Balaban J connectivity index is 1.36. The summed E-state index contributed by atoms with van der Waals surface area (Å²) < 4.78 is 14.5. The number of hydrogen-bond donors (Lipinski definition) is 6. The standard InChI is InChI=1S/C43H55N5O9S/c1-9-10-23-17-31(48(7)21-23)41(53)45-35(39-37(50)36(49)38(51)43(57-39)58-8)22(2)44-40(52)24-11-14-27(30(18-24)42(54)55)34-28-15-12-25(46(3)4)19-32(28)56-33-20-26(47(5)6)13-16-29(33)34/h11-16,18-20,22-23,31,35-39,43,49-51H,9-10,17,21H2,1-8H3,(H2-,44,45,52,53,54,55)/p+1/t22-,23-,31+,35-,36+,37-,38-,39?,43-/m1/s1. The van der Waals surface area contributed by atoms with Crippen molar-refractivity contribution < 1.29 is 44.0 Å². The second kappa shape index (κ2) is 17.8. The van der Waals surface area contributed by atoms with Crippen molar-refractivity contribution in [3.8, 4) is 22.5 Å². The topological polar surface area (TPSA) is 188 Å². The van der Waals surface area contributed by atoms with Gasteiger partial charge < -0.3 is 45.1 Å². The van der Waals surface area contributed by atoms with Crippen LogP contribution in [0.5, 0.6) is 0 Å². The van der Waals surface area contributed by atoms with Crippen molar-refractivity contribution in [1.82, 2.24) is 20.1 Å². The maximum absolute atomic E-state index is 14.1. The number of carbonyl (C=O) groups is 3. The van der Waals surface area contributed by atoms with Gasteiger partial charge in [-0.1, -0.05) is 19.4 Å². The van der Waals surface area contributed by atoms with E-state index in [0.717, 1.165) is 42.2 Å². The van der Waals surface area contributed by atoms with Crippen LogP contribution in [0, 0.1) is 5.92 Å². The van der Waals surface area contributed by atoms with Gasteiger partial charge in [-0.15, -0.1) is 11.8 Å². The van der Waals surface area contributed by atoms with Crippen LogP contribution in [0.4, 0.5) is 5.69 Å². The van der Waals surface area contributed by atoms with E-state index in [4.69, 9.17) is 9.15 Å². The lowest BCUT2D eigenvalue weighted by molar-refractivity contribution is -0.206. The highest BCUT2D eigenvalue weighted by molar-refractivity contribution is 7.99. The summed E-state index contributed by atoms with van der Waals surface area (Å²) in [5.74, 6) is -1.28. The van der Waals surface area contributed by atoms with Gasteiger partial charge in [0.1, 0.15) is 55.3 Å². The highest BCUT2D eigenvalue weighted by atomic mass is 32.2. The number of carbonyl (C=O) groups excluding carboxylic acids is 2. The van der Waals surface area contributed by atoms with Gasteiger partial charge >= 0.3 is 5.97 Å². The number of likely N-dealkylation sites (tertiary alicyclic amines) is 1. The van der Waals surface area contributed by atoms with Crippen molar-refractivity contribution in [1.29, 1.82) is 0 Å². The van der Waals surface area contributed by atoms with Gasteiger partial charge in [0.15, 0.2) is 0 Å². The number of amides is 2. The van der Waals surface area contributed by atoms with Gasteiger partial charge in [-0.3, -0.25) is 14.5 Å². The zero-order valence-corrected chi connectivity index (χ0v) is 35.1. The number of thioether (sulfide) groups is 1. The number of carboxylic acid groups (broad SMARTS) is 1. The van der Waals surface area contributed by atoms with E-state index in [1.54, 1.807) is 25.3 Å². The molecule has 0 saturated carbocycles. The predicted molar refractivity (Wildman–Crippen MR) is 225 cm³/mol. The van der Waals surface area contributed by atoms with E-state index in [2.05, 4.69) is 17.6 Å². The zero-order valence-electron chi connectivity index (χ0n) is 34.3. The summed E-state index contributed by atoms with van der Waals surface area (Å²) in [6.07, 6.45) is -1.47. The highest BCUT2D eigenvalue weighted by Gasteiger charge is 2.49. The number of rotatable bonds is 12. The molecule has 58 heavy (non-hydrogen) atoms. The third-order valence-electron chi connectivity index (χ3n) is 11.5. The number of nitrogens with zero attached hydrogens (tertiary/aromatic N) is 3. The van der Waals surface area contributed by atoms with E-state index in [0.29, 0.717) is 45.8 Å². The third kappa shape index (κ3) is 8.61. The Kier molecular flexibility index (Phi) is 13.2. The monoisotopic (exact) mass is 818 g/mol. The molecule has 0 radical (unpaired) electrons. The fourth-order valence-electron chi connectivity index (χ4n) is 8.32. The number of aliphatic hydroxyl groups excluding tert-OH is 3. The Hall–Kier alpha value is -4.51. The van der Waals surface area contributed by atoms with Crippen LogP contribution in [-0.4, -0.2) is 139 Å². The molecule has 2 aromatic carbocycles. The van der Waals surface area contributed by atoms with Crippen molar-refractivity contribution in [2.75, 3.05) is 52.9 Å². The van der Waals surface area contributed by atoms with Gasteiger partial charge in [-0.05, 0) is 74.9 Å². The van der Waals surface area contributed by atoms with E-state index in [-0.39, 0.29) is 17.0 Å². The summed E-state index contributed by atoms with van der Waals surface area (Å²) in [6.45, 7) is 4.50.